The molecule has 2 unspecified atom stereocenters. The van der Waals surface area contributed by atoms with Gasteiger partial charge in [-0.25, -0.2) is 4.79 Å². The van der Waals surface area contributed by atoms with Crippen molar-refractivity contribution in [2.75, 3.05) is 6.61 Å². The number of carbonyl (C=O) groups is 2. The van der Waals surface area contributed by atoms with Crippen molar-refractivity contribution in [3.63, 3.8) is 0 Å². The summed E-state index contributed by atoms with van der Waals surface area (Å²) in [6, 6.07) is 6.21. The number of nitrogens with zero attached hydrogens (tertiary/aromatic N) is 1. The molecule has 4 nitrogen and oxygen atoms in total. The molecule has 2 aliphatic rings. The zero-order valence-corrected chi connectivity index (χ0v) is 17.2. The van der Waals surface area contributed by atoms with Crippen molar-refractivity contribution in [2.45, 2.75) is 60.3 Å². The van der Waals surface area contributed by atoms with Crippen LogP contribution < -0.4 is 0 Å². The zero-order chi connectivity index (χ0) is 19.9. The molecule has 0 aromatic heterocycles. The molecule has 1 fully saturated rings. The molecule has 1 aromatic rings. The number of ether oxygens (including phenoxy) is 1. The van der Waals surface area contributed by atoms with Gasteiger partial charge in [-0.05, 0) is 50.7 Å². The summed E-state index contributed by atoms with van der Waals surface area (Å²) in [5, 5.41) is 0. The summed E-state index contributed by atoms with van der Waals surface area (Å²) < 4.78 is 5.35. The molecule has 4 heteroatoms. The van der Waals surface area contributed by atoms with E-state index in [0.29, 0.717) is 24.3 Å². The molecule has 1 saturated carbocycles. The normalized spacial score (nSPS) is 24.4. The molecule has 0 spiro atoms. The van der Waals surface area contributed by atoms with Gasteiger partial charge in [0.25, 0.3) is 0 Å². The smallest absolute Gasteiger partial charge is 0.336 e. The Kier molecular flexibility index (Phi) is 5.11. The van der Waals surface area contributed by atoms with E-state index in [2.05, 4.69) is 26.0 Å². The fraction of sp³-hybridized carbons (Fsp3) is 0.522. The van der Waals surface area contributed by atoms with Gasteiger partial charge in [0.1, 0.15) is 5.78 Å². The van der Waals surface area contributed by atoms with Gasteiger partial charge in [-0.3, -0.25) is 9.79 Å². The average Bonchev–Trinajstić information content (AvgIpc) is 2.52. The highest BCUT2D eigenvalue weighted by atomic mass is 16.5. The first-order chi connectivity index (χ1) is 12.6. The molecule has 1 aliphatic carbocycles. The van der Waals surface area contributed by atoms with Crippen LogP contribution in [0.4, 0.5) is 0 Å². The highest BCUT2D eigenvalue weighted by Gasteiger charge is 2.47. The Bertz CT molecular complexity index is 860. The van der Waals surface area contributed by atoms with Gasteiger partial charge in [0.15, 0.2) is 0 Å². The minimum absolute atomic E-state index is 0.0962. The third-order valence-corrected chi connectivity index (χ3v) is 5.62. The molecule has 0 N–H and O–H groups in total. The fourth-order valence-electron chi connectivity index (χ4n) is 4.58. The number of fused-ring (bicyclic) bond motifs is 1. The van der Waals surface area contributed by atoms with Crippen LogP contribution in [0.25, 0.3) is 0 Å². The van der Waals surface area contributed by atoms with Crippen molar-refractivity contribution in [2.24, 2.45) is 16.3 Å². The Hall–Kier alpha value is -2.23. The number of carbonyl (C=O) groups excluding carboxylic acids is 2. The van der Waals surface area contributed by atoms with Crippen LogP contribution in [0.2, 0.25) is 0 Å². The van der Waals surface area contributed by atoms with Gasteiger partial charge in [-0.1, -0.05) is 37.6 Å². The van der Waals surface area contributed by atoms with Crippen molar-refractivity contribution >= 4 is 17.5 Å². The molecule has 0 amide bonds. The van der Waals surface area contributed by atoms with E-state index in [1.807, 2.05) is 26.8 Å². The number of Topliss-reactive ketones (excluding diaryl/α,β-unsaturated/α-hetero) is 1. The SMILES string of the molecule is CCOC(=O)C1=C(C)N=C2CC(C)(C)CC(=O)C2C1c1ccc(C)cc1C. The number of aryl methyl sites for hydroxylation is 2. The predicted octanol–water partition coefficient (Wildman–Crippen LogP) is 4.68. The summed E-state index contributed by atoms with van der Waals surface area (Å²) in [5.41, 5.74) is 5.30. The number of benzene rings is 1. The van der Waals surface area contributed by atoms with E-state index in [9.17, 15) is 9.59 Å². The van der Waals surface area contributed by atoms with Gasteiger partial charge in [0.05, 0.1) is 18.1 Å². The van der Waals surface area contributed by atoms with Crippen LogP contribution in [-0.2, 0) is 14.3 Å². The topological polar surface area (TPSA) is 55.7 Å². The quantitative estimate of drug-likeness (QED) is 0.729. The number of aliphatic imine (C=N–C) groups is 1. The Labute approximate surface area is 161 Å². The Morgan fingerprint density at radius 3 is 2.52 bits per heavy atom. The molecule has 0 radical (unpaired) electrons. The first-order valence-electron chi connectivity index (χ1n) is 9.70. The molecule has 0 saturated heterocycles. The van der Waals surface area contributed by atoms with E-state index in [-0.39, 0.29) is 29.0 Å². The maximum absolute atomic E-state index is 13.2. The zero-order valence-electron chi connectivity index (χ0n) is 17.2. The summed E-state index contributed by atoms with van der Waals surface area (Å²) in [7, 11) is 0. The molecule has 1 aliphatic heterocycles. The van der Waals surface area contributed by atoms with Gasteiger partial charge in [-0.2, -0.15) is 0 Å². The Balaban J connectivity index is 2.20. The fourth-order valence-corrected chi connectivity index (χ4v) is 4.58. The van der Waals surface area contributed by atoms with Crippen molar-refractivity contribution in [3.05, 3.63) is 46.2 Å². The van der Waals surface area contributed by atoms with E-state index >= 15 is 0 Å². The Morgan fingerprint density at radius 1 is 1.19 bits per heavy atom. The van der Waals surface area contributed by atoms with Crippen LogP contribution in [0, 0.1) is 25.2 Å². The minimum atomic E-state index is -0.373. The second-order valence-electron chi connectivity index (χ2n) is 8.62. The van der Waals surface area contributed by atoms with Crippen LogP contribution in [0.1, 0.15) is 63.1 Å². The van der Waals surface area contributed by atoms with Crippen LogP contribution in [0.3, 0.4) is 0 Å². The average molecular weight is 367 g/mol. The molecule has 27 heavy (non-hydrogen) atoms. The van der Waals surface area contributed by atoms with E-state index in [4.69, 9.17) is 9.73 Å². The lowest BCUT2D eigenvalue weighted by molar-refractivity contribution is -0.139. The monoisotopic (exact) mass is 367 g/mol. The van der Waals surface area contributed by atoms with Crippen LogP contribution in [-0.4, -0.2) is 24.1 Å². The van der Waals surface area contributed by atoms with Crippen LogP contribution in [0.15, 0.2) is 34.5 Å². The van der Waals surface area contributed by atoms with E-state index < -0.39 is 0 Å². The predicted molar refractivity (Wildman–Crippen MR) is 107 cm³/mol. The molecule has 3 rings (SSSR count). The first-order valence-corrected chi connectivity index (χ1v) is 9.70. The van der Waals surface area contributed by atoms with Gasteiger partial charge in [0, 0.05) is 23.7 Å². The summed E-state index contributed by atoms with van der Waals surface area (Å²) in [4.78, 5) is 30.7. The summed E-state index contributed by atoms with van der Waals surface area (Å²) in [5.74, 6) is -0.882. The molecule has 0 bridgehead atoms. The number of hydrogen-bond donors (Lipinski definition) is 0. The molecule has 144 valence electrons. The Morgan fingerprint density at radius 2 is 1.89 bits per heavy atom. The maximum Gasteiger partial charge on any atom is 0.336 e. The van der Waals surface area contributed by atoms with Gasteiger partial charge in [-0.15, -0.1) is 0 Å². The standard InChI is InChI=1S/C23H29NO3/c1-7-27-22(26)19-15(4)24-17-11-23(5,6)12-18(25)21(17)20(19)16-9-8-13(2)10-14(16)3/h8-10,20-21H,7,11-12H2,1-6H3. The number of rotatable bonds is 3. The largest absolute Gasteiger partial charge is 0.463 e. The minimum Gasteiger partial charge on any atom is -0.463 e. The summed E-state index contributed by atoms with van der Waals surface area (Å²) in [6.07, 6.45) is 1.28. The van der Waals surface area contributed by atoms with E-state index in [1.165, 1.54) is 0 Å². The van der Waals surface area contributed by atoms with Crippen molar-refractivity contribution < 1.29 is 14.3 Å². The van der Waals surface area contributed by atoms with Crippen molar-refractivity contribution in [3.8, 4) is 0 Å². The molecular formula is C23H29NO3. The highest BCUT2D eigenvalue weighted by molar-refractivity contribution is 6.12. The highest BCUT2D eigenvalue weighted by Crippen LogP contribution is 2.47. The lowest BCUT2D eigenvalue weighted by atomic mass is 9.63. The second-order valence-corrected chi connectivity index (χ2v) is 8.62. The van der Waals surface area contributed by atoms with E-state index in [1.54, 1.807) is 6.92 Å². The van der Waals surface area contributed by atoms with Gasteiger partial charge in [0.2, 0.25) is 0 Å². The number of hydrogen-bond acceptors (Lipinski definition) is 4. The maximum atomic E-state index is 13.2. The van der Waals surface area contributed by atoms with Gasteiger partial charge < -0.3 is 4.74 Å². The van der Waals surface area contributed by atoms with Gasteiger partial charge >= 0.3 is 5.97 Å². The second kappa shape index (κ2) is 7.06. The summed E-state index contributed by atoms with van der Waals surface area (Å²) in [6.45, 7) is 12.3. The molecule has 2 atom stereocenters. The molecule has 1 aromatic carbocycles. The summed E-state index contributed by atoms with van der Waals surface area (Å²) >= 11 is 0. The molecule has 1 heterocycles. The molecular weight excluding hydrogens is 338 g/mol. The number of ketones is 1. The van der Waals surface area contributed by atoms with Crippen LogP contribution in [0.5, 0.6) is 0 Å². The third kappa shape index (κ3) is 3.62. The number of esters is 1. The van der Waals surface area contributed by atoms with Crippen LogP contribution >= 0.6 is 0 Å². The lowest BCUT2D eigenvalue weighted by Gasteiger charge is -2.41. The lowest BCUT2D eigenvalue weighted by Crippen LogP contribution is -2.44. The first kappa shape index (κ1) is 19.5. The third-order valence-electron chi connectivity index (χ3n) is 5.62. The number of allylic oxidation sites excluding steroid dienone is 1. The van der Waals surface area contributed by atoms with Crippen molar-refractivity contribution in [1.29, 1.82) is 0 Å². The van der Waals surface area contributed by atoms with E-state index in [0.717, 1.165) is 28.8 Å². The van der Waals surface area contributed by atoms with Crippen molar-refractivity contribution in [1.82, 2.24) is 0 Å².